The van der Waals surface area contributed by atoms with Crippen LogP contribution in [0.4, 0.5) is 0 Å². The van der Waals surface area contributed by atoms with E-state index in [0.29, 0.717) is 0 Å². The van der Waals surface area contributed by atoms with E-state index in [1.807, 2.05) is 11.3 Å². The molecular weight excluding hydrogens is 440 g/mol. The van der Waals surface area contributed by atoms with E-state index < -0.39 is 0 Å². The Hall–Kier alpha value is -1.86. The van der Waals surface area contributed by atoms with Crippen LogP contribution in [0.3, 0.4) is 0 Å². The molecule has 0 N–H and O–H groups in total. The van der Waals surface area contributed by atoms with E-state index in [-0.39, 0.29) is 5.41 Å². The Bertz CT molecular complexity index is 1030. The fourth-order valence-electron chi connectivity index (χ4n) is 6.28. The molecule has 1 aliphatic carbocycles. The van der Waals surface area contributed by atoms with Crippen molar-refractivity contribution < 1.29 is 0 Å². The van der Waals surface area contributed by atoms with Crippen molar-refractivity contribution in [1.29, 1.82) is 0 Å². The van der Waals surface area contributed by atoms with Gasteiger partial charge in [0, 0.05) is 10.3 Å². The minimum Gasteiger partial charge on any atom is -0.144 e. The first kappa shape index (κ1) is 26.2. The van der Waals surface area contributed by atoms with E-state index in [0.717, 1.165) is 0 Å². The van der Waals surface area contributed by atoms with E-state index in [1.165, 1.54) is 117 Å². The number of fused-ring (bicyclic) bond motifs is 3. The standard InChI is InChI=1S/C34H46S/c1-4-6-8-10-12-14-22-34(23-15-13-11-9-7-5-2)31-25-27(3)18-20-29(31)30-21-19-28(26-32(30)34)33-17-16-24-35-33/h16-21,24-26H,4-15,22-23H2,1-3H3. The van der Waals surface area contributed by atoms with E-state index >= 15 is 0 Å². The Morgan fingerprint density at radius 3 is 1.80 bits per heavy atom. The SMILES string of the molecule is CCCCCCCCC1(CCCCCCCC)c2cc(C)ccc2-c2ccc(-c3cccs3)cc21. The van der Waals surface area contributed by atoms with Gasteiger partial charge in [-0.2, -0.15) is 0 Å². The van der Waals surface area contributed by atoms with Crippen LogP contribution in [0, 0.1) is 6.92 Å². The van der Waals surface area contributed by atoms with Gasteiger partial charge >= 0.3 is 0 Å². The lowest BCUT2D eigenvalue weighted by Crippen LogP contribution is -2.25. The van der Waals surface area contributed by atoms with Crippen molar-refractivity contribution in [3.05, 3.63) is 70.6 Å². The van der Waals surface area contributed by atoms with Gasteiger partial charge in [-0.05, 0) is 65.1 Å². The molecule has 0 amide bonds. The quantitative estimate of drug-likeness (QED) is 0.187. The number of rotatable bonds is 15. The molecule has 3 aromatic rings. The van der Waals surface area contributed by atoms with Gasteiger partial charge in [0.2, 0.25) is 0 Å². The van der Waals surface area contributed by atoms with Crippen LogP contribution >= 0.6 is 11.3 Å². The molecule has 0 fully saturated rings. The van der Waals surface area contributed by atoms with Crippen molar-refractivity contribution in [2.45, 2.75) is 116 Å². The zero-order valence-electron chi connectivity index (χ0n) is 22.5. The molecule has 2 aromatic carbocycles. The second-order valence-corrected chi connectivity index (χ2v) is 11.9. The maximum atomic E-state index is 2.57. The Balaban J connectivity index is 1.66. The van der Waals surface area contributed by atoms with E-state index in [2.05, 4.69) is 74.7 Å². The topological polar surface area (TPSA) is 0 Å². The third-order valence-electron chi connectivity index (χ3n) is 8.24. The molecule has 1 aliphatic rings. The molecule has 1 aromatic heterocycles. The molecule has 1 heterocycles. The molecule has 4 rings (SSSR count). The van der Waals surface area contributed by atoms with Crippen LogP contribution in [-0.2, 0) is 5.41 Å². The summed E-state index contributed by atoms with van der Waals surface area (Å²) in [5, 5.41) is 2.21. The number of hydrogen-bond donors (Lipinski definition) is 0. The van der Waals surface area contributed by atoms with Crippen LogP contribution in [-0.4, -0.2) is 0 Å². The zero-order valence-corrected chi connectivity index (χ0v) is 23.3. The van der Waals surface area contributed by atoms with Crippen molar-refractivity contribution >= 4 is 11.3 Å². The third-order valence-corrected chi connectivity index (χ3v) is 9.15. The predicted octanol–water partition coefficient (Wildman–Crippen LogP) is 11.5. The monoisotopic (exact) mass is 486 g/mol. The van der Waals surface area contributed by atoms with E-state index in [9.17, 15) is 0 Å². The number of hydrogen-bond acceptors (Lipinski definition) is 1. The highest BCUT2D eigenvalue weighted by Gasteiger charge is 2.42. The first-order valence-corrected chi connectivity index (χ1v) is 15.4. The molecule has 0 radical (unpaired) electrons. The van der Waals surface area contributed by atoms with Crippen LogP contribution in [0.2, 0.25) is 0 Å². The van der Waals surface area contributed by atoms with Crippen LogP contribution in [0.25, 0.3) is 21.6 Å². The summed E-state index contributed by atoms with van der Waals surface area (Å²) >= 11 is 1.87. The van der Waals surface area contributed by atoms with Gasteiger partial charge in [0.1, 0.15) is 0 Å². The highest BCUT2D eigenvalue weighted by atomic mass is 32.1. The first-order chi connectivity index (χ1) is 17.2. The highest BCUT2D eigenvalue weighted by Crippen LogP contribution is 2.55. The summed E-state index contributed by atoms with van der Waals surface area (Å²) in [6, 6.07) is 19.1. The minimum atomic E-state index is 0.180. The van der Waals surface area contributed by atoms with Crippen molar-refractivity contribution in [1.82, 2.24) is 0 Å². The fourth-order valence-corrected chi connectivity index (χ4v) is 7.01. The van der Waals surface area contributed by atoms with Crippen LogP contribution in [0.15, 0.2) is 53.9 Å². The van der Waals surface area contributed by atoms with Gasteiger partial charge in [0.15, 0.2) is 0 Å². The smallest absolute Gasteiger partial charge is 0.0342 e. The van der Waals surface area contributed by atoms with E-state index in [1.54, 1.807) is 11.1 Å². The Morgan fingerprint density at radius 1 is 0.629 bits per heavy atom. The molecule has 0 unspecified atom stereocenters. The lowest BCUT2D eigenvalue weighted by Gasteiger charge is -2.33. The molecule has 0 nitrogen and oxygen atoms in total. The molecule has 1 heteroatoms. The number of aryl methyl sites for hydroxylation is 1. The van der Waals surface area contributed by atoms with Gasteiger partial charge in [0.25, 0.3) is 0 Å². The molecule has 0 bridgehead atoms. The molecule has 0 atom stereocenters. The summed E-state index contributed by atoms with van der Waals surface area (Å²) in [4.78, 5) is 1.40. The zero-order chi connectivity index (χ0) is 24.5. The molecule has 0 spiro atoms. The Labute approximate surface area is 219 Å². The summed E-state index contributed by atoms with van der Waals surface area (Å²) in [5.74, 6) is 0. The molecule has 0 aliphatic heterocycles. The lowest BCUT2D eigenvalue weighted by molar-refractivity contribution is 0.398. The van der Waals surface area contributed by atoms with Gasteiger partial charge in [-0.3, -0.25) is 0 Å². The summed E-state index contributed by atoms with van der Waals surface area (Å²) in [7, 11) is 0. The number of thiophene rings is 1. The van der Waals surface area contributed by atoms with E-state index in [4.69, 9.17) is 0 Å². The molecule has 0 saturated carbocycles. The normalized spacial score (nSPS) is 13.7. The Kier molecular flexibility index (Phi) is 9.67. The minimum absolute atomic E-state index is 0.180. The van der Waals surface area contributed by atoms with Crippen molar-refractivity contribution in [3.63, 3.8) is 0 Å². The van der Waals surface area contributed by atoms with Gasteiger partial charge in [-0.1, -0.05) is 133 Å². The summed E-state index contributed by atoms with van der Waals surface area (Å²) < 4.78 is 0. The summed E-state index contributed by atoms with van der Waals surface area (Å²) in [6.07, 6.45) is 19.0. The summed E-state index contributed by atoms with van der Waals surface area (Å²) in [6.45, 7) is 6.91. The van der Waals surface area contributed by atoms with Crippen LogP contribution in [0.1, 0.15) is 120 Å². The number of benzene rings is 2. The second kappa shape index (κ2) is 12.9. The highest BCUT2D eigenvalue weighted by molar-refractivity contribution is 7.13. The average molecular weight is 487 g/mol. The first-order valence-electron chi connectivity index (χ1n) is 14.5. The van der Waals surface area contributed by atoms with Crippen LogP contribution in [0.5, 0.6) is 0 Å². The average Bonchev–Trinajstić information content (AvgIpc) is 3.49. The lowest BCUT2D eigenvalue weighted by atomic mass is 9.70. The van der Waals surface area contributed by atoms with Crippen LogP contribution < -0.4 is 0 Å². The van der Waals surface area contributed by atoms with Gasteiger partial charge in [-0.15, -0.1) is 11.3 Å². The van der Waals surface area contributed by atoms with Gasteiger partial charge < -0.3 is 0 Å². The largest absolute Gasteiger partial charge is 0.144 e. The molecular formula is C34H46S. The summed E-state index contributed by atoms with van der Waals surface area (Å²) in [5.41, 5.74) is 9.23. The maximum Gasteiger partial charge on any atom is 0.0342 e. The van der Waals surface area contributed by atoms with Crippen molar-refractivity contribution in [2.24, 2.45) is 0 Å². The third kappa shape index (κ3) is 6.11. The Morgan fingerprint density at radius 2 is 1.20 bits per heavy atom. The molecule has 0 saturated heterocycles. The predicted molar refractivity (Wildman–Crippen MR) is 157 cm³/mol. The maximum absolute atomic E-state index is 2.57. The van der Waals surface area contributed by atoms with Crippen molar-refractivity contribution in [2.75, 3.05) is 0 Å². The van der Waals surface area contributed by atoms with Crippen molar-refractivity contribution in [3.8, 4) is 21.6 Å². The van der Waals surface area contributed by atoms with Gasteiger partial charge in [-0.25, -0.2) is 0 Å². The molecule has 188 valence electrons. The number of unbranched alkanes of at least 4 members (excludes halogenated alkanes) is 10. The second-order valence-electron chi connectivity index (χ2n) is 10.9. The fraction of sp³-hybridized carbons (Fsp3) is 0.529. The van der Waals surface area contributed by atoms with Gasteiger partial charge in [0.05, 0.1) is 0 Å². The molecule has 35 heavy (non-hydrogen) atoms.